The van der Waals surface area contributed by atoms with E-state index in [2.05, 4.69) is 6.92 Å². The van der Waals surface area contributed by atoms with Gasteiger partial charge in [-0.2, -0.15) is 0 Å². The molecule has 0 saturated carbocycles. The van der Waals surface area contributed by atoms with Gasteiger partial charge in [0, 0.05) is 19.4 Å². The van der Waals surface area contributed by atoms with Crippen molar-refractivity contribution in [2.45, 2.75) is 83.8 Å². The Hall–Kier alpha value is -1.06. The van der Waals surface area contributed by atoms with E-state index in [1.54, 1.807) is 0 Å². The normalized spacial score (nSPS) is 13.6. The van der Waals surface area contributed by atoms with Crippen molar-refractivity contribution < 1.29 is 14.6 Å². The van der Waals surface area contributed by atoms with Crippen LogP contribution in [-0.2, 0) is 4.74 Å². The molecule has 0 aliphatic carbocycles. The zero-order valence-electron chi connectivity index (χ0n) is 15.6. The van der Waals surface area contributed by atoms with Crippen LogP contribution in [0.4, 0.5) is 0 Å². The molecule has 1 aromatic rings. The SMILES string of the molecule is CCCCCCCCCC(O)(CCCOc1ccccc1)OCC. The highest BCUT2D eigenvalue weighted by Crippen LogP contribution is 2.23. The second kappa shape index (κ2) is 13.3. The first-order chi connectivity index (χ1) is 11.7. The van der Waals surface area contributed by atoms with Crippen molar-refractivity contribution in [3.63, 3.8) is 0 Å². The molecule has 0 bridgehead atoms. The summed E-state index contributed by atoms with van der Waals surface area (Å²) in [6.45, 7) is 5.34. The van der Waals surface area contributed by atoms with E-state index in [9.17, 15) is 5.11 Å². The molecule has 0 aliphatic heterocycles. The van der Waals surface area contributed by atoms with Gasteiger partial charge >= 0.3 is 0 Å². The van der Waals surface area contributed by atoms with Gasteiger partial charge in [0.15, 0.2) is 5.79 Å². The molecule has 0 heterocycles. The third kappa shape index (κ3) is 9.94. The van der Waals surface area contributed by atoms with Gasteiger partial charge in [-0.1, -0.05) is 63.6 Å². The van der Waals surface area contributed by atoms with Gasteiger partial charge in [0.25, 0.3) is 0 Å². The molecule has 24 heavy (non-hydrogen) atoms. The fourth-order valence-corrected chi connectivity index (χ4v) is 2.95. The van der Waals surface area contributed by atoms with Crippen LogP contribution in [0, 0.1) is 0 Å². The lowest BCUT2D eigenvalue weighted by Gasteiger charge is -2.28. The second-order valence-corrected chi connectivity index (χ2v) is 6.52. The van der Waals surface area contributed by atoms with Crippen molar-refractivity contribution in [1.29, 1.82) is 0 Å². The summed E-state index contributed by atoms with van der Waals surface area (Å²) in [6, 6.07) is 9.81. The van der Waals surface area contributed by atoms with E-state index >= 15 is 0 Å². The standard InChI is InChI=1S/C21H36O3/c1-3-5-6-7-8-9-13-17-21(22,24-4-2)18-14-19-23-20-15-11-10-12-16-20/h10-12,15-16,22H,3-9,13-14,17-19H2,1-2H3. The van der Waals surface area contributed by atoms with Crippen molar-refractivity contribution in [3.8, 4) is 5.75 Å². The third-order valence-electron chi connectivity index (χ3n) is 4.31. The van der Waals surface area contributed by atoms with E-state index < -0.39 is 5.79 Å². The van der Waals surface area contributed by atoms with E-state index in [0.29, 0.717) is 19.6 Å². The zero-order valence-corrected chi connectivity index (χ0v) is 15.6. The summed E-state index contributed by atoms with van der Waals surface area (Å²) in [4.78, 5) is 0. The van der Waals surface area contributed by atoms with Crippen LogP contribution in [0.1, 0.15) is 78.1 Å². The van der Waals surface area contributed by atoms with Crippen molar-refractivity contribution in [2.24, 2.45) is 0 Å². The molecule has 1 N–H and O–H groups in total. The number of hydrogen-bond donors (Lipinski definition) is 1. The Morgan fingerprint density at radius 1 is 0.833 bits per heavy atom. The highest BCUT2D eigenvalue weighted by molar-refractivity contribution is 5.20. The molecular formula is C21H36O3. The van der Waals surface area contributed by atoms with E-state index in [1.807, 2.05) is 37.3 Å². The summed E-state index contributed by atoms with van der Waals surface area (Å²) in [7, 11) is 0. The lowest BCUT2D eigenvalue weighted by atomic mass is 10.0. The fourth-order valence-electron chi connectivity index (χ4n) is 2.95. The van der Waals surface area contributed by atoms with Crippen LogP contribution in [0.15, 0.2) is 30.3 Å². The molecular weight excluding hydrogens is 300 g/mol. The van der Waals surface area contributed by atoms with Crippen molar-refractivity contribution in [2.75, 3.05) is 13.2 Å². The number of benzene rings is 1. The van der Waals surface area contributed by atoms with Crippen molar-refractivity contribution in [1.82, 2.24) is 0 Å². The minimum Gasteiger partial charge on any atom is -0.494 e. The van der Waals surface area contributed by atoms with Crippen LogP contribution in [0.3, 0.4) is 0 Å². The van der Waals surface area contributed by atoms with Crippen LogP contribution in [0.2, 0.25) is 0 Å². The highest BCUT2D eigenvalue weighted by Gasteiger charge is 2.26. The first-order valence-corrected chi connectivity index (χ1v) is 9.74. The van der Waals surface area contributed by atoms with Crippen molar-refractivity contribution in [3.05, 3.63) is 30.3 Å². The van der Waals surface area contributed by atoms with Gasteiger partial charge < -0.3 is 14.6 Å². The molecule has 0 radical (unpaired) electrons. The molecule has 0 fully saturated rings. The molecule has 0 spiro atoms. The van der Waals surface area contributed by atoms with Crippen LogP contribution >= 0.6 is 0 Å². The van der Waals surface area contributed by atoms with E-state index in [1.165, 1.54) is 38.5 Å². The number of hydrogen-bond acceptors (Lipinski definition) is 3. The number of ether oxygens (including phenoxy) is 2. The van der Waals surface area contributed by atoms with Gasteiger partial charge in [0.2, 0.25) is 0 Å². The maximum atomic E-state index is 10.7. The minimum absolute atomic E-state index is 0.548. The Labute approximate surface area is 148 Å². The smallest absolute Gasteiger partial charge is 0.165 e. The maximum Gasteiger partial charge on any atom is 0.165 e. The number of unbranched alkanes of at least 4 members (excludes halogenated alkanes) is 6. The zero-order chi connectivity index (χ0) is 17.5. The Kier molecular flexibility index (Phi) is 11.6. The molecule has 3 nitrogen and oxygen atoms in total. The average Bonchev–Trinajstić information content (AvgIpc) is 2.59. The molecule has 0 saturated heterocycles. The van der Waals surface area contributed by atoms with E-state index in [4.69, 9.17) is 9.47 Å². The first-order valence-electron chi connectivity index (χ1n) is 9.74. The van der Waals surface area contributed by atoms with Gasteiger partial charge in [0.1, 0.15) is 5.75 Å². The highest BCUT2D eigenvalue weighted by atomic mass is 16.6. The molecule has 1 rings (SSSR count). The molecule has 1 unspecified atom stereocenters. The first kappa shape index (κ1) is 21.0. The second-order valence-electron chi connectivity index (χ2n) is 6.52. The maximum absolute atomic E-state index is 10.7. The van der Waals surface area contributed by atoms with Gasteiger partial charge in [-0.05, 0) is 31.9 Å². The molecule has 3 heteroatoms. The summed E-state index contributed by atoms with van der Waals surface area (Å²) in [5.41, 5.74) is 0. The number of aliphatic hydroxyl groups is 1. The Balaban J connectivity index is 2.17. The largest absolute Gasteiger partial charge is 0.494 e. The third-order valence-corrected chi connectivity index (χ3v) is 4.31. The Morgan fingerprint density at radius 3 is 2.12 bits per heavy atom. The van der Waals surface area contributed by atoms with Gasteiger partial charge in [-0.15, -0.1) is 0 Å². The number of rotatable bonds is 15. The fraction of sp³-hybridized carbons (Fsp3) is 0.714. The monoisotopic (exact) mass is 336 g/mol. The average molecular weight is 337 g/mol. The summed E-state index contributed by atoms with van der Waals surface area (Å²) >= 11 is 0. The predicted octanol–water partition coefficient (Wildman–Crippen LogP) is 5.71. The number of para-hydroxylation sites is 1. The van der Waals surface area contributed by atoms with Crippen LogP contribution < -0.4 is 4.74 Å². The van der Waals surface area contributed by atoms with Crippen LogP contribution in [0.5, 0.6) is 5.75 Å². The van der Waals surface area contributed by atoms with Crippen LogP contribution in [-0.4, -0.2) is 24.1 Å². The minimum atomic E-state index is -0.988. The van der Waals surface area contributed by atoms with Gasteiger partial charge in [-0.3, -0.25) is 0 Å². The van der Waals surface area contributed by atoms with Gasteiger partial charge in [-0.25, -0.2) is 0 Å². The topological polar surface area (TPSA) is 38.7 Å². The summed E-state index contributed by atoms with van der Waals surface area (Å²) in [5.74, 6) is -0.109. The van der Waals surface area contributed by atoms with Crippen LogP contribution in [0.25, 0.3) is 0 Å². The Morgan fingerprint density at radius 2 is 1.46 bits per heavy atom. The predicted molar refractivity (Wildman–Crippen MR) is 100 cm³/mol. The molecule has 0 aliphatic rings. The lowest BCUT2D eigenvalue weighted by Crippen LogP contribution is -2.33. The van der Waals surface area contributed by atoms with Gasteiger partial charge in [0.05, 0.1) is 6.61 Å². The quantitative estimate of drug-likeness (QED) is 0.329. The van der Waals surface area contributed by atoms with E-state index in [0.717, 1.165) is 25.0 Å². The molecule has 0 amide bonds. The lowest BCUT2D eigenvalue weighted by molar-refractivity contribution is -0.210. The molecule has 1 atom stereocenters. The van der Waals surface area contributed by atoms with Crippen molar-refractivity contribution >= 4 is 0 Å². The summed E-state index contributed by atoms with van der Waals surface area (Å²) < 4.78 is 11.3. The molecule has 1 aromatic carbocycles. The summed E-state index contributed by atoms with van der Waals surface area (Å²) in [6.07, 6.45) is 10.9. The molecule has 138 valence electrons. The Bertz CT molecular complexity index is 393. The van der Waals surface area contributed by atoms with E-state index in [-0.39, 0.29) is 0 Å². The summed E-state index contributed by atoms with van der Waals surface area (Å²) in [5, 5.41) is 10.7. The molecule has 0 aromatic heterocycles.